The van der Waals surface area contributed by atoms with Gasteiger partial charge >= 0.3 is 5.97 Å². The van der Waals surface area contributed by atoms with Crippen molar-refractivity contribution in [1.82, 2.24) is 10.3 Å². The lowest BCUT2D eigenvalue weighted by molar-refractivity contribution is -0.145. The first-order chi connectivity index (χ1) is 12.1. The van der Waals surface area contributed by atoms with Gasteiger partial charge in [0.25, 0.3) is 5.91 Å². The van der Waals surface area contributed by atoms with E-state index in [4.69, 9.17) is 9.15 Å². The third-order valence-corrected chi connectivity index (χ3v) is 3.67. The number of carbonyl (C=O) groups excluding carboxylic acids is 3. The zero-order chi connectivity index (χ0) is 17.8. The summed E-state index contributed by atoms with van der Waals surface area (Å²) >= 11 is 0. The molecule has 128 valence electrons. The fourth-order valence-corrected chi connectivity index (χ4v) is 2.43. The van der Waals surface area contributed by atoms with E-state index < -0.39 is 18.0 Å². The molecule has 25 heavy (non-hydrogen) atoms. The van der Waals surface area contributed by atoms with Crippen molar-refractivity contribution in [3.05, 3.63) is 60.2 Å². The number of ether oxygens (including phenoxy) is 1. The van der Waals surface area contributed by atoms with Gasteiger partial charge in [0, 0.05) is 22.7 Å². The van der Waals surface area contributed by atoms with Gasteiger partial charge in [0.2, 0.25) is 5.78 Å². The molecule has 2 aromatic heterocycles. The fraction of sp³-hybridized carbons (Fsp3) is 0.167. The van der Waals surface area contributed by atoms with E-state index in [0.29, 0.717) is 5.56 Å². The average molecular weight is 340 g/mol. The van der Waals surface area contributed by atoms with Crippen molar-refractivity contribution in [2.45, 2.75) is 13.0 Å². The van der Waals surface area contributed by atoms with Gasteiger partial charge in [-0.1, -0.05) is 18.2 Å². The van der Waals surface area contributed by atoms with Gasteiger partial charge in [0.15, 0.2) is 11.9 Å². The second-order valence-electron chi connectivity index (χ2n) is 5.40. The summed E-state index contributed by atoms with van der Waals surface area (Å²) in [4.78, 5) is 39.0. The number of hydrogen-bond acceptors (Lipinski definition) is 5. The molecule has 0 bridgehead atoms. The molecule has 0 radical (unpaired) electrons. The van der Waals surface area contributed by atoms with E-state index in [1.807, 2.05) is 24.3 Å². The molecule has 0 aliphatic rings. The molecule has 0 unspecified atom stereocenters. The Kier molecular flexibility index (Phi) is 4.65. The Balaban J connectivity index is 1.57. The van der Waals surface area contributed by atoms with Crippen LogP contribution in [0.1, 0.15) is 27.8 Å². The Bertz CT molecular complexity index is 911. The standard InChI is InChI=1S/C18H16N2O5/c1-11(17(22)13-9-19-14-6-3-2-5-12(13)14)25-16(21)10-20-18(23)15-7-4-8-24-15/h2-9,11,19H,10H2,1H3,(H,20,23)/t11-/m0/s1. The summed E-state index contributed by atoms with van der Waals surface area (Å²) in [6.45, 7) is 1.14. The summed E-state index contributed by atoms with van der Waals surface area (Å²) in [7, 11) is 0. The molecular weight excluding hydrogens is 324 g/mol. The van der Waals surface area contributed by atoms with Crippen molar-refractivity contribution in [1.29, 1.82) is 0 Å². The number of aromatic nitrogens is 1. The van der Waals surface area contributed by atoms with E-state index >= 15 is 0 Å². The highest BCUT2D eigenvalue weighted by atomic mass is 16.5. The number of rotatable bonds is 6. The minimum absolute atomic E-state index is 0.0933. The van der Waals surface area contributed by atoms with Crippen LogP contribution in [0.5, 0.6) is 0 Å². The number of benzene rings is 1. The normalized spacial score (nSPS) is 11.9. The highest BCUT2D eigenvalue weighted by molar-refractivity contribution is 6.10. The number of esters is 1. The van der Waals surface area contributed by atoms with Crippen molar-refractivity contribution in [2.24, 2.45) is 0 Å². The Morgan fingerprint density at radius 1 is 1.20 bits per heavy atom. The van der Waals surface area contributed by atoms with Crippen LogP contribution in [0.25, 0.3) is 10.9 Å². The number of carbonyl (C=O) groups is 3. The van der Waals surface area contributed by atoms with Crippen LogP contribution in [0, 0.1) is 0 Å². The van der Waals surface area contributed by atoms with Crippen molar-refractivity contribution in [3.63, 3.8) is 0 Å². The summed E-state index contributed by atoms with van der Waals surface area (Å²) < 4.78 is 10.0. The summed E-state index contributed by atoms with van der Waals surface area (Å²) in [5.41, 5.74) is 1.28. The summed E-state index contributed by atoms with van der Waals surface area (Å²) in [6, 6.07) is 10.4. The van der Waals surface area contributed by atoms with Crippen LogP contribution < -0.4 is 5.32 Å². The first-order valence-electron chi connectivity index (χ1n) is 7.68. The second kappa shape index (κ2) is 7.04. The zero-order valence-electron chi connectivity index (χ0n) is 13.4. The van der Waals surface area contributed by atoms with Gasteiger partial charge in [-0.25, -0.2) is 0 Å². The molecule has 2 N–H and O–H groups in total. The molecule has 1 amide bonds. The molecule has 0 aliphatic heterocycles. The van der Waals surface area contributed by atoms with Crippen LogP contribution >= 0.6 is 0 Å². The number of Topliss-reactive ketones (excluding diaryl/α,β-unsaturated/α-hetero) is 1. The van der Waals surface area contributed by atoms with E-state index in [0.717, 1.165) is 10.9 Å². The first kappa shape index (κ1) is 16.5. The maximum atomic E-state index is 12.5. The molecule has 0 saturated carbocycles. The Labute approximate surface area is 143 Å². The lowest BCUT2D eigenvalue weighted by Gasteiger charge is -2.12. The molecule has 0 fully saturated rings. The average Bonchev–Trinajstić information content (AvgIpc) is 3.28. The largest absolute Gasteiger partial charge is 0.459 e. The van der Waals surface area contributed by atoms with Crippen molar-refractivity contribution < 1.29 is 23.5 Å². The van der Waals surface area contributed by atoms with Crippen molar-refractivity contribution >= 4 is 28.6 Å². The molecule has 7 nitrogen and oxygen atoms in total. The summed E-state index contributed by atoms with van der Waals surface area (Å²) in [6.07, 6.45) is 1.98. The third kappa shape index (κ3) is 3.60. The van der Waals surface area contributed by atoms with E-state index in [-0.39, 0.29) is 18.1 Å². The smallest absolute Gasteiger partial charge is 0.326 e. The summed E-state index contributed by atoms with van der Waals surface area (Å²) in [5, 5.41) is 3.13. The molecule has 0 spiro atoms. The van der Waals surface area contributed by atoms with Gasteiger partial charge in [0.05, 0.1) is 6.26 Å². The minimum atomic E-state index is -0.966. The van der Waals surface area contributed by atoms with Crippen LogP contribution in [-0.2, 0) is 9.53 Å². The lowest BCUT2D eigenvalue weighted by Crippen LogP contribution is -2.33. The van der Waals surface area contributed by atoms with Crippen LogP contribution in [0.3, 0.4) is 0 Å². The molecule has 7 heteroatoms. The van der Waals surface area contributed by atoms with Gasteiger partial charge in [-0.3, -0.25) is 14.4 Å². The van der Waals surface area contributed by atoms with Gasteiger partial charge < -0.3 is 19.5 Å². The van der Waals surface area contributed by atoms with Crippen LogP contribution in [0.4, 0.5) is 0 Å². The molecule has 1 atom stereocenters. The Morgan fingerprint density at radius 3 is 2.76 bits per heavy atom. The number of fused-ring (bicyclic) bond motifs is 1. The first-order valence-corrected chi connectivity index (χ1v) is 7.68. The number of H-pyrrole nitrogens is 1. The van der Waals surface area contributed by atoms with Gasteiger partial charge in [-0.15, -0.1) is 0 Å². The number of aromatic amines is 1. The number of para-hydroxylation sites is 1. The molecule has 2 heterocycles. The highest BCUT2D eigenvalue weighted by Crippen LogP contribution is 2.19. The molecule has 3 aromatic rings. The minimum Gasteiger partial charge on any atom is -0.459 e. The number of furan rings is 1. The Morgan fingerprint density at radius 2 is 2.00 bits per heavy atom. The van der Waals surface area contributed by atoms with E-state index in [2.05, 4.69) is 10.3 Å². The number of ketones is 1. The second-order valence-corrected chi connectivity index (χ2v) is 5.40. The molecule has 3 rings (SSSR count). The third-order valence-electron chi connectivity index (χ3n) is 3.67. The van der Waals surface area contributed by atoms with Crippen LogP contribution in [-0.4, -0.2) is 35.3 Å². The maximum absolute atomic E-state index is 12.5. The van der Waals surface area contributed by atoms with Crippen molar-refractivity contribution in [2.75, 3.05) is 6.54 Å². The lowest BCUT2D eigenvalue weighted by atomic mass is 10.1. The maximum Gasteiger partial charge on any atom is 0.326 e. The van der Waals surface area contributed by atoms with Gasteiger partial charge in [-0.05, 0) is 25.1 Å². The van der Waals surface area contributed by atoms with Crippen LogP contribution in [0.15, 0.2) is 53.3 Å². The molecule has 0 saturated heterocycles. The van der Waals surface area contributed by atoms with E-state index in [1.54, 1.807) is 12.3 Å². The van der Waals surface area contributed by atoms with Crippen molar-refractivity contribution in [3.8, 4) is 0 Å². The highest BCUT2D eigenvalue weighted by Gasteiger charge is 2.22. The fourth-order valence-electron chi connectivity index (χ4n) is 2.43. The van der Waals surface area contributed by atoms with E-state index in [1.165, 1.54) is 19.3 Å². The van der Waals surface area contributed by atoms with E-state index in [9.17, 15) is 14.4 Å². The molecule has 1 aromatic carbocycles. The molecule has 0 aliphatic carbocycles. The number of amides is 1. The number of hydrogen-bond donors (Lipinski definition) is 2. The van der Waals surface area contributed by atoms with Gasteiger partial charge in [0.1, 0.15) is 6.54 Å². The van der Waals surface area contributed by atoms with Gasteiger partial charge in [-0.2, -0.15) is 0 Å². The zero-order valence-corrected chi connectivity index (χ0v) is 13.4. The quantitative estimate of drug-likeness (QED) is 0.530. The SMILES string of the molecule is C[C@H](OC(=O)CNC(=O)c1ccco1)C(=O)c1c[nH]c2ccccc12. The summed E-state index contributed by atoms with van der Waals surface area (Å²) in [5.74, 6) is -1.46. The predicted octanol–water partition coefficient (Wildman–Crippen LogP) is 2.31. The topological polar surface area (TPSA) is 101 Å². The predicted molar refractivity (Wildman–Crippen MR) is 89.2 cm³/mol. The molecular formula is C18H16N2O5. The number of nitrogens with one attached hydrogen (secondary N) is 2. The van der Waals surface area contributed by atoms with Crippen LogP contribution in [0.2, 0.25) is 0 Å². The monoisotopic (exact) mass is 340 g/mol. The Hall–Kier alpha value is -3.35.